The highest BCUT2D eigenvalue weighted by molar-refractivity contribution is 6.34. The van der Waals surface area contributed by atoms with Crippen molar-refractivity contribution in [3.63, 3.8) is 0 Å². The lowest BCUT2D eigenvalue weighted by atomic mass is 10.1. The Balaban J connectivity index is 2.31. The molecule has 0 saturated heterocycles. The maximum absolute atomic E-state index is 12.2. The van der Waals surface area contributed by atoms with Crippen LogP contribution in [0.1, 0.15) is 15.9 Å². The lowest BCUT2D eigenvalue weighted by Crippen LogP contribution is -2.13. The van der Waals surface area contributed by atoms with Crippen LogP contribution in [0.25, 0.3) is 0 Å². The number of nitrogens with zero attached hydrogens (tertiary/aromatic N) is 1. The van der Waals surface area contributed by atoms with Crippen LogP contribution in [-0.4, -0.2) is 27.0 Å². The Kier molecular flexibility index (Phi) is 5.00. The molecular formula is C15H11ClN2O6. The number of aromatic hydroxyl groups is 1. The van der Waals surface area contributed by atoms with E-state index in [1.165, 1.54) is 24.3 Å². The van der Waals surface area contributed by atoms with Gasteiger partial charge in [-0.25, -0.2) is 0 Å². The summed E-state index contributed by atoms with van der Waals surface area (Å²) in [6, 6.07) is 7.32. The number of hydrogen-bond donors (Lipinski definition) is 3. The van der Waals surface area contributed by atoms with Crippen LogP contribution in [0.2, 0.25) is 5.02 Å². The number of benzene rings is 2. The van der Waals surface area contributed by atoms with Crippen LogP contribution < -0.4 is 5.32 Å². The fourth-order valence-corrected chi connectivity index (χ4v) is 2.16. The summed E-state index contributed by atoms with van der Waals surface area (Å²) in [4.78, 5) is 33.1. The number of carbonyl (C=O) groups is 2. The van der Waals surface area contributed by atoms with E-state index in [1.54, 1.807) is 0 Å². The number of phenols is 1. The zero-order valence-corrected chi connectivity index (χ0v) is 12.8. The zero-order valence-electron chi connectivity index (χ0n) is 12.0. The highest BCUT2D eigenvalue weighted by atomic mass is 35.5. The SMILES string of the molecule is O=C(O)Cc1ccc(O)c(NC(=O)c2cc([N+](=O)[O-])ccc2Cl)c1. The Bertz CT molecular complexity index is 837. The van der Waals surface area contributed by atoms with Crippen molar-refractivity contribution in [3.8, 4) is 5.75 Å². The van der Waals surface area contributed by atoms with Crippen LogP contribution >= 0.6 is 11.6 Å². The number of carbonyl (C=O) groups excluding carboxylic acids is 1. The number of carboxylic acids is 1. The van der Waals surface area contributed by atoms with Gasteiger partial charge in [-0.2, -0.15) is 0 Å². The molecule has 8 nitrogen and oxygen atoms in total. The average molecular weight is 351 g/mol. The maximum atomic E-state index is 12.2. The standard InChI is InChI=1S/C15H11ClN2O6/c16-11-3-2-9(18(23)24)7-10(11)15(22)17-12-5-8(6-14(20)21)1-4-13(12)19/h1-5,7,19H,6H2,(H,17,22)(H,20,21). The van der Waals surface area contributed by atoms with Gasteiger partial charge < -0.3 is 15.5 Å². The van der Waals surface area contributed by atoms with E-state index in [0.29, 0.717) is 5.56 Å². The van der Waals surface area contributed by atoms with Gasteiger partial charge in [-0.1, -0.05) is 17.7 Å². The van der Waals surface area contributed by atoms with Gasteiger partial charge in [-0.3, -0.25) is 19.7 Å². The highest BCUT2D eigenvalue weighted by Crippen LogP contribution is 2.27. The zero-order chi connectivity index (χ0) is 17.9. The van der Waals surface area contributed by atoms with E-state index >= 15 is 0 Å². The normalized spacial score (nSPS) is 10.2. The smallest absolute Gasteiger partial charge is 0.307 e. The Morgan fingerprint density at radius 2 is 1.92 bits per heavy atom. The molecule has 0 bridgehead atoms. The molecule has 0 heterocycles. The van der Waals surface area contributed by atoms with Gasteiger partial charge in [0.25, 0.3) is 11.6 Å². The number of hydrogen-bond acceptors (Lipinski definition) is 5. The predicted molar refractivity (Wildman–Crippen MR) is 85.5 cm³/mol. The minimum Gasteiger partial charge on any atom is -0.506 e. The third kappa shape index (κ3) is 3.99. The number of amides is 1. The molecule has 0 unspecified atom stereocenters. The number of carboxylic acid groups (broad SMARTS) is 1. The summed E-state index contributed by atoms with van der Waals surface area (Å²) in [5, 5.41) is 31.7. The minimum atomic E-state index is -1.07. The van der Waals surface area contributed by atoms with Gasteiger partial charge in [0, 0.05) is 12.1 Å². The summed E-state index contributed by atoms with van der Waals surface area (Å²) in [5.41, 5.74) is -0.121. The van der Waals surface area contributed by atoms with Gasteiger partial charge in [0.05, 0.1) is 27.6 Å². The van der Waals surface area contributed by atoms with E-state index in [0.717, 1.165) is 12.1 Å². The molecular weight excluding hydrogens is 340 g/mol. The van der Waals surface area contributed by atoms with Crippen LogP contribution in [-0.2, 0) is 11.2 Å². The fourth-order valence-electron chi connectivity index (χ4n) is 1.96. The molecule has 0 radical (unpaired) electrons. The predicted octanol–water partition coefficient (Wildman–Crippen LogP) is 2.83. The molecule has 3 N–H and O–H groups in total. The lowest BCUT2D eigenvalue weighted by molar-refractivity contribution is -0.384. The largest absolute Gasteiger partial charge is 0.506 e. The van der Waals surface area contributed by atoms with Crippen molar-refractivity contribution >= 4 is 34.9 Å². The number of phenolic OH excluding ortho intramolecular Hbond substituents is 1. The molecule has 9 heteroatoms. The van der Waals surface area contributed by atoms with E-state index in [2.05, 4.69) is 5.32 Å². The number of rotatable bonds is 5. The lowest BCUT2D eigenvalue weighted by Gasteiger charge is -2.10. The number of nitrogens with one attached hydrogen (secondary N) is 1. The maximum Gasteiger partial charge on any atom is 0.307 e. The Labute approximate surface area is 140 Å². The molecule has 2 rings (SSSR count). The first-order valence-corrected chi connectivity index (χ1v) is 6.94. The molecule has 0 fully saturated rings. The monoisotopic (exact) mass is 350 g/mol. The summed E-state index contributed by atoms with van der Waals surface area (Å²) in [7, 11) is 0. The molecule has 0 atom stereocenters. The topological polar surface area (TPSA) is 130 Å². The van der Waals surface area contributed by atoms with Crippen molar-refractivity contribution < 1.29 is 24.7 Å². The summed E-state index contributed by atoms with van der Waals surface area (Å²) in [6.07, 6.45) is -0.291. The summed E-state index contributed by atoms with van der Waals surface area (Å²) in [6.45, 7) is 0. The van der Waals surface area contributed by atoms with Crippen LogP contribution in [0.3, 0.4) is 0 Å². The van der Waals surface area contributed by atoms with Crippen LogP contribution in [0.5, 0.6) is 5.75 Å². The van der Waals surface area contributed by atoms with Crippen molar-refractivity contribution in [3.05, 3.63) is 62.7 Å². The van der Waals surface area contributed by atoms with Crippen molar-refractivity contribution in [2.45, 2.75) is 6.42 Å². The molecule has 0 saturated carbocycles. The Hall–Kier alpha value is -3.13. The molecule has 0 aliphatic rings. The van der Waals surface area contributed by atoms with Crippen LogP contribution in [0.15, 0.2) is 36.4 Å². The molecule has 124 valence electrons. The van der Waals surface area contributed by atoms with Crippen molar-refractivity contribution in [1.82, 2.24) is 0 Å². The molecule has 1 amide bonds. The van der Waals surface area contributed by atoms with E-state index in [4.69, 9.17) is 16.7 Å². The van der Waals surface area contributed by atoms with Crippen LogP contribution in [0, 0.1) is 10.1 Å². The van der Waals surface area contributed by atoms with Gasteiger partial charge in [0.15, 0.2) is 0 Å². The number of nitro benzene ring substituents is 1. The third-order valence-electron chi connectivity index (χ3n) is 3.07. The summed E-state index contributed by atoms with van der Waals surface area (Å²) >= 11 is 5.88. The first-order chi connectivity index (χ1) is 11.3. The number of non-ortho nitro benzene ring substituents is 1. The van der Waals surface area contributed by atoms with Crippen molar-refractivity contribution in [2.75, 3.05) is 5.32 Å². The number of nitro groups is 1. The molecule has 0 spiro atoms. The second-order valence-corrected chi connectivity index (χ2v) is 5.20. The summed E-state index contributed by atoms with van der Waals surface area (Å²) < 4.78 is 0. The van der Waals surface area contributed by atoms with Gasteiger partial charge in [-0.05, 0) is 23.8 Å². The number of aliphatic carboxylic acids is 1. The second kappa shape index (κ2) is 6.97. The quantitative estimate of drug-likeness (QED) is 0.432. The number of anilines is 1. The van der Waals surface area contributed by atoms with Gasteiger partial charge in [0.2, 0.25) is 0 Å². The Morgan fingerprint density at radius 3 is 2.54 bits per heavy atom. The van der Waals surface area contributed by atoms with Gasteiger partial charge >= 0.3 is 5.97 Å². The van der Waals surface area contributed by atoms with E-state index in [9.17, 15) is 24.8 Å². The van der Waals surface area contributed by atoms with E-state index in [-0.39, 0.29) is 34.1 Å². The molecule has 0 aromatic heterocycles. The van der Waals surface area contributed by atoms with E-state index < -0.39 is 16.8 Å². The average Bonchev–Trinajstić information content (AvgIpc) is 2.50. The first kappa shape index (κ1) is 17.2. The molecule has 0 aliphatic heterocycles. The first-order valence-electron chi connectivity index (χ1n) is 6.57. The molecule has 24 heavy (non-hydrogen) atoms. The van der Waals surface area contributed by atoms with Crippen LogP contribution in [0.4, 0.5) is 11.4 Å². The minimum absolute atomic E-state index is 0.000666. The van der Waals surface area contributed by atoms with Gasteiger partial charge in [-0.15, -0.1) is 0 Å². The van der Waals surface area contributed by atoms with Crippen molar-refractivity contribution in [2.24, 2.45) is 0 Å². The highest BCUT2D eigenvalue weighted by Gasteiger charge is 2.17. The third-order valence-corrected chi connectivity index (χ3v) is 3.40. The van der Waals surface area contributed by atoms with Gasteiger partial charge in [0.1, 0.15) is 5.75 Å². The number of halogens is 1. The fraction of sp³-hybridized carbons (Fsp3) is 0.0667. The molecule has 0 aliphatic carbocycles. The Morgan fingerprint density at radius 1 is 1.21 bits per heavy atom. The molecule has 2 aromatic rings. The van der Waals surface area contributed by atoms with Crippen molar-refractivity contribution in [1.29, 1.82) is 0 Å². The second-order valence-electron chi connectivity index (χ2n) is 4.80. The summed E-state index contributed by atoms with van der Waals surface area (Å²) in [5.74, 6) is -2.12. The molecule has 2 aromatic carbocycles. The van der Waals surface area contributed by atoms with E-state index in [1.807, 2.05) is 0 Å².